The highest BCUT2D eigenvalue weighted by Crippen LogP contribution is 2.27. The standard InChI is InChI=1S/C22H24N2O4S/c1-15-18(23-21(28-15)20-9-5-11-29-20)14-27-17-7-3-6-16(12-17)13-24-10-4-8-19(24)22(25)26-2/h3,5-7,9,11-12,19H,4,8,10,13-14H2,1-2H3/t19-/m1/s1. The van der Waals surface area contributed by atoms with E-state index in [4.69, 9.17) is 13.9 Å². The molecule has 1 aromatic carbocycles. The molecule has 0 bridgehead atoms. The average Bonchev–Trinajstić information content (AvgIpc) is 3.47. The van der Waals surface area contributed by atoms with Gasteiger partial charge in [-0.25, -0.2) is 4.98 Å². The van der Waals surface area contributed by atoms with Crippen molar-refractivity contribution in [2.45, 2.75) is 39.0 Å². The molecule has 1 atom stereocenters. The first-order valence-electron chi connectivity index (χ1n) is 9.68. The van der Waals surface area contributed by atoms with E-state index in [0.717, 1.165) is 47.0 Å². The summed E-state index contributed by atoms with van der Waals surface area (Å²) in [6.45, 7) is 3.84. The Bertz CT molecular complexity index is 967. The molecule has 0 radical (unpaired) electrons. The molecule has 3 aromatic rings. The molecule has 0 spiro atoms. The van der Waals surface area contributed by atoms with Crippen molar-refractivity contribution in [2.75, 3.05) is 13.7 Å². The molecular formula is C22H24N2O4S. The fraction of sp³-hybridized carbons (Fsp3) is 0.364. The molecule has 29 heavy (non-hydrogen) atoms. The SMILES string of the molecule is COC(=O)[C@H]1CCCN1Cc1cccc(OCc2nc(-c3cccs3)oc2C)c1. The van der Waals surface area contributed by atoms with E-state index < -0.39 is 0 Å². The molecule has 1 aliphatic rings. The van der Waals surface area contributed by atoms with Gasteiger partial charge < -0.3 is 13.9 Å². The average molecular weight is 413 g/mol. The summed E-state index contributed by atoms with van der Waals surface area (Å²) in [7, 11) is 1.45. The third-order valence-corrected chi connectivity index (χ3v) is 5.98. The van der Waals surface area contributed by atoms with Gasteiger partial charge in [-0.05, 0) is 55.5 Å². The number of likely N-dealkylation sites (tertiary alicyclic amines) is 1. The van der Waals surface area contributed by atoms with E-state index in [1.165, 1.54) is 7.11 Å². The number of carbonyl (C=O) groups excluding carboxylic acids is 1. The van der Waals surface area contributed by atoms with Gasteiger partial charge in [-0.2, -0.15) is 0 Å². The summed E-state index contributed by atoms with van der Waals surface area (Å²) in [4.78, 5) is 19.7. The summed E-state index contributed by atoms with van der Waals surface area (Å²) in [6, 6.07) is 11.8. The van der Waals surface area contributed by atoms with E-state index in [9.17, 15) is 4.79 Å². The Hall–Kier alpha value is -2.64. The molecule has 0 N–H and O–H groups in total. The summed E-state index contributed by atoms with van der Waals surface area (Å²) >= 11 is 1.60. The molecule has 152 valence electrons. The van der Waals surface area contributed by atoms with Gasteiger partial charge in [-0.3, -0.25) is 9.69 Å². The van der Waals surface area contributed by atoms with Crippen molar-refractivity contribution in [3.63, 3.8) is 0 Å². The summed E-state index contributed by atoms with van der Waals surface area (Å²) < 4.78 is 16.7. The van der Waals surface area contributed by atoms with Crippen LogP contribution in [0, 0.1) is 6.92 Å². The summed E-state index contributed by atoms with van der Waals surface area (Å²) in [5.74, 6) is 2.02. The molecular weight excluding hydrogens is 388 g/mol. The third kappa shape index (κ3) is 4.52. The molecule has 1 aliphatic heterocycles. The van der Waals surface area contributed by atoms with Gasteiger partial charge in [-0.15, -0.1) is 11.3 Å². The first-order chi connectivity index (χ1) is 14.1. The highest BCUT2D eigenvalue weighted by Gasteiger charge is 2.31. The maximum Gasteiger partial charge on any atom is 0.323 e. The Labute approximate surface area is 174 Å². The summed E-state index contributed by atoms with van der Waals surface area (Å²) in [5.41, 5.74) is 1.90. The predicted molar refractivity (Wildman–Crippen MR) is 111 cm³/mol. The number of hydrogen-bond acceptors (Lipinski definition) is 7. The Morgan fingerprint density at radius 1 is 1.34 bits per heavy atom. The zero-order valence-electron chi connectivity index (χ0n) is 16.6. The van der Waals surface area contributed by atoms with Gasteiger partial charge >= 0.3 is 5.97 Å². The fourth-order valence-corrected chi connectivity index (χ4v) is 4.25. The minimum atomic E-state index is -0.155. The largest absolute Gasteiger partial charge is 0.487 e. The molecule has 6 nitrogen and oxygen atoms in total. The normalized spacial score (nSPS) is 16.8. The molecule has 1 saturated heterocycles. The number of ether oxygens (including phenoxy) is 2. The fourth-order valence-electron chi connectivity index (χ4n) is 3.61. The van der Waals surface area contributed by atoms with E-state index in [-0.39, 0.29) is 12.0 Å². The lowest BCUT2D eigenvalue weighted by atomic mass is 10.1. The molecule has 3 heterocycles. The number of carbonyl (C=O) groups is 1. The zero-order valence-corrected chi connectivity index (χ0v) is 17.4. The van der Waals surface area contributed by atoms with E-state index >= 15 is 0 Å². The molecule has 7 heteroatoms. The van der Waals surface area contributed by atoms with Gasteiger partial charge in [0.15, 0.2) is 0 Å². The van der Waals surface area contributed by atoms with E-state index in [2.05, 4.69) is 16.0 Å². The second kappa shape index (κ2) is 8.80. The number of rotatable bonds is 7. The number of oxazole rings is 1. The van der Waals surface area contributed by atoms with E-state index in [0.29, 0.717) is 19.0 Å². The van der Waals surface area contributed by atoms with Crippen LogP contribution in [0.5, 0.6) is 5.75 Å². The number of benzene rings is 1. The number of nitrogens with zero attached hydrogens (tertiary/aromatic N) is 2. The molecule has 0 amide bonds. The first kappa shape index (κ1) is 19.7. The Balaban J connectivity index is 1.40. The number of aryl methyl sites for hydroxylation is 1. The highest BCUT2D eigenvalue weighted by molar-refractivity contribution is 7.13. The predicted octanol–water partition coefficient (Wildman–Crippen LogP) is 4.43. The monoisotopic (exact) mass is 412 g/mol. The molecule has 4 rings (SSSR count). The number of esters is 1. The third-order valence-electron chi connectivity index (χ3n) is 5.12. The molecule has 2 aromatic heterocycles. The smallest absolute Gasteiger partial charge is 0.323 e. The van der Waals surface area contributed by atoms with Crippen molar-refractivity contribution in [1.29, 1.82) is 0 Å². The van der Waals surface area contributed by atoms with Crippen LogP contribution in [-0.4, -0.2) is 35.5 Å². The topological polar surface area (TPSA) is 64.8 Å². The van der Waals surface area contributed by atoms with E-state index in [1.807, 2.05) is 42.6 Å². The molecule has 0 unspecified atom stereocenters. The number of hydrogen-bond donors (Lipinski definition) is 0. The number of thiophene rings is 1. The van der Waals surface area contributed by atoms with Gasteiger partial charge in [0, 0.05) is 6.54 Å². The zero-order chi connectivity index (χ0) is 20.2. The second-order valence-corrected chi connectivity index (χ2v) is 8.03. The lowest BCUT2D eigenvalue weighted by molar-refractivity contribution is -0.146. The van der Waals surface area contributed by atoms with Crippen LogP contribution >= 0.6 is 11.3 Å². The van der Waals surface area contributed by atoms with Crippen molar-refractivity contribution in [3.8, 4) is 16.5 Å². The lowest BCUT2D eigenvalue weighted by Gasteiger charge is -2.22. The van der Waals surface area contributed by atoms with Crippen molar-refractivity contribution in [1.82, 2.24) is 9.88 Å². The van der Waals surface area contributed by atoms with Gasteiger partial charge in [0.25, 0.3) is 0 Å². The van der Waals surface area contributed by atoms with Crippen LogP contribution in [0.4, 0.5) is 0 Å². The molecule has 0 aliphatic carbocycles. The molecule has 1 fully saturated rings. The van der Waals surface area contributed by atoms with Gasteiger partial charge in [0.05, 0.1) is 12.0 Å². The maximum absolute atomic E-state index is 12.0. The summed E-state index contributed by atoms with van der Waals surface area (Å²) in [6.07, 6.45) is 1.86. The lowest BCUT2D eigenvalue weighted by Crippen LogP contribution is -2.36. The Morgan fingerprint density at radius 2 is 2.24 bits per heavy atom. The van der Waals surface area contributed by atoms with Crippen molar-refractivity contribution < 1.29 is 18.7 Å². The Morgan fingerprint density at radius 3 is 3.03 bits per heavy atom. The quantitative estimate of drug-likeness (QED) is 0.535. The van der Waals surface area contributed by atoms with Gasteiger partial charge in [0.1, 0.15) is 29.9 Å². The van der Waals surface area contributed by atoms with Crippen LogP contribution in [0.3, 0.4) is 0 Å². The first-order valence-corrected chi connectivity index (χ1v) is 10.6. The summed E-state index contributed by atoms with van der Waals surface area (Å²) in [5, 5.41) is 2.00. The minimum absolute atomic E-state index is 0.155. The second-order valence-electron chi connectivity index (χ2n) is 7.09. The number of methoxy groups -OCH3 is 1. The highest BCUT2D eigenvalue weighted by atomic mass is 32.1. The van der Waals surface area contributed by atoms with Crippen molar-refractivity contribution in [3.05, 3.63) is 58.8 Å². The van der Waals surface area contributed by atoms with Crippen molar-refractivity contribution >= 4 is 17.3 Å². The van der Waals surface area contributed by atoms with Crippen LogP contribution in [-0.2, 0) is 22.7 Å². The van der Waals surface area contributed by atoms with Crippen LogP contribution in [0.1, 0.15) is 29.9 Å². The Kier molecular flexibility index (Phi) is 5.97. The van der Waals surface area contributed by atoms with Crippen LogP contribution in [0.15, 0.2) is 46.2 Å². The van der Waals surface area contributed by atoms with Crippen LogP contribution in [0.2, 0.25) is 0 Å². The van der Waals surface area contributed by atoms with Gasteiger partial charge in [0.2, 0.25) is 5.89 Å². The van der Waals surface area contributed by atoms with Crippen LogP contribution < -0.4 is 4.74 Å². The number of aromatic nitrogens is 1. The van der Waals surface area contributed by atoms with E-state index in [1.54, 1.807) is 11.3 Å². The van der Waals surface area contributed by atoms with Crippen molar-refractivity contribution in [2.24, 2.45) is 0 Å². The molecule has 0 saturated carbocycles. The maximum atomic E-state index is 12.0. The van der Waals surface area contributed by atoms with Crippen LogP contribution in [0.25, 0.3) is 10.8 Å². The minimum Gasteiger partial charge on any atom is -0.487 e. The van der Waals surface area contributed by atoms with Gasteiger partial charge in [-0.1, -0.05) is 18.2 Å².